The third kappa shape index (κ3) is 2.33. The Balaban J connectivity index is 2.06. The summed E-state index contributed by atoms with van der Waals surface area (Å²) in [6.45, 7) is 2.38. The van der Waals surface area contributed by atoms with Crippen molar-refractivity contribution in [2.75, 3.05) is 12.3 Å². The van der Waals surface area contributed by atoms with Crippen molar-refractivity contribution in [2.24, 2.45) is 5.92 Å². The number of rotatable bonds is 4. The van der Waals surface area contributed by atoms with Gasteiger partial charge in [0.1, 0.15) is 0 Å². The van der Waals surface area contributed by atoms with E-state index < -0.39 is 11.9 Å². The molecule has 1 N–H and O–H groups in total. The molecule has 114 valence electrons. The van der Waals surface area contributed by atoms with E-state index in [1.807, 2.05) is 19.1 Å². The molecular weight excluding hydrogens is 302 g/mol. The predicted octanol–water partition coefficient (Wildman–Crippen LogP) is 2.07. The summed E-state index contributed by atoms with van der Waals surface area (Å²) in [5.74, 6) is -1.69. The fourth-order valence-corrected chi connectivity index (χ4v) is 4.09. The highest BCUT2D eigenvalue weighted by atomic mass is 32.2. The van der Waals surface area contributed by atoms with Crippen molar-refractivity contribution in [1.82, 2.24) is 4.90 Å². The maximum Gasteiger partial charge on any atom is 0.304 e. The molecule has 6 heteroatoms. The molecule has 2 aliphatic heterocycles. The number of carbonyl (C=O) groups is 3. The number of fused-ring (bicyclic) bond motifs is 1. The van der Waals surface area contributed by atoms with Crippen molar-refractivity contribution in [3.8, 4) is 0 Å². The first-order valence-electron chi connectivity index (χ1n) is 7.01. The number of carboxylic acid groups (broad SMARTS) is 1. The number of ketones is 1. The molecule has 1 aromatic carbocycles. The van der Waals surface area contributed by atoms with Crippen molar-refractivity contribution in [3.05, 3.63) is 46.0 Å². The molecule has 2 aliphatic rings. The van der Waals surface area contributed by atoms with Crippen LogP contribution in [0.2, 0.25) is 0 Å². The fraction of sp³-hybridized carbons (Fsp3) is 0.312. The van der Waals surface area contributed by atoms with Crippen LogP contribution in [0.25, 0.3) is 0 Å². The standard InChI is InChI=1S/C16H15NO4S/c1-9-4-2-3-5-10(9)14(20)13-11(8-12(18)19)15(21)17-6-7-22-16(13)17/h2-5,11H,6-8H2,1H3,(H,18,19)/t11-/m1/s1. The Bertz CT molecular complexity index is 710. The van der Waals surface area contributed by atoms with Crippen molar-refractivity contribution < 1.29 is 19.5 Å². The van der Waals surface area contributed by atoms with Crippen LogP contribution in [-0.4, -0.2) is 40.0 Å². The van der Waals surface area contributed by atoms with Crippen LogP contribution in [0, 0.1) is 12.8 Å². The molecule has 1 atom stereocenters. The summed E-state index contributed by atoms with van der Waals surface area (Å²) in [5.41, 5.74) is 1.70. The summed E-state index contributed by atoms with van der Waals surface area (Å²) < 4.78 is 0. The number of carbonyl (C=O) groups excluding carboxylic acids is 2. The minimum atomic E-state index is -1.07. The van der Waals surface area contributed by atoms with Gasteiger partial charge >= 0.3 is 5.97 Å². The van der Waals surface area contributed by atoms with E-state index in [4.69, 9.17) is 5.11 Å². The fourth-order valence-electron chi connectivity index (χ4n) is 2.90. The van der Waals surface area contributed by atoms with Crippen LogP contribution in [0.5, 0.6) is 0 Å². The average Bonchev–Trinajstić information content (AvgIpc) is 3.02. The number of benzene rings is 1. The Morgan fingerprint density at radius 1 is 1.36 bits per heavy atom. The molecular formula is C16H15NO4S. The molecule has 22 heavy (non-hydrogen) atoms. The zero-order valence-corrected chi connectivity index (χ0v) is 12.9. The summed E-state index contributed by atoms with van der Waals surface area (Å²) in [6.07, 6.45) is -0.341. The summed E-state index contributed by atoms with van der Waals surface area (Å²) in [6, 6.07) is 7.17. The predicted molar refractivity (Wildman–Crippen MR) is 82.4 cm³/mol. The van der Waals surface area contributed by atoms with Gasteiger partial charge in [-0.15, -0.1) is 11.8 Å². The normalized spacial score (nSPS) is 20.5. The Labute approximate surface area is 132 Å². The molecule has 0 bridgehead atoms. The summed E-state index contributed by atoms with van der Waals surface area (Å²) in [4.78, 5) is 38.0. The zero-order valence-electron chi connectivity index (χ0n) is 12.0. The third-order valence-electron chi connectivity index (χ3n) is 3.95. The van der Waals surface area contributed by atoms with Gasteiger partial charge in [0.2, 0.25) is 5.91 Å². The van der Waals surface area contributed by atoms with Crippen LogP contribution in [0.15, 0.2) is 34.9 Å². The van der Waals surface area contributed by atoms with E-state index in [1.54, 1.807) is 17.0 Å². The van der Waals surface area contributed by atoms with E-state index in [2.05, 4.69) is 0 Å². The first-order chi connectivity index (χ1) is 10.5. The lowest BCUT2D eigenvalue weighted by Crippen LogP contribution is -2.29. The Morgan fingerprint density at radius 2 is 2.09 bits per heavy atom. The van der Waals surface area contributed by atoms with Crippen molar-refractivity contribution in [2.45, 2.75) is 13.3 Å². The molecule has 0 saturated carbocycles. The molecule has 3 rings (SSSR count). The number of nitrogens with zero attached hydrogens (tertiary/aromatic N) is 1. The molecule has 0 radical (unpaired) electrons. The van der Waals surface area contributed by atoms with Gasteiger partial charge in [-0.3, -0.25) is 14.4 Å². The number of thioether (sulfide) groups is 1. The van der Waals surface area contributed by atoms with Gasteiger partial charge in [0.15, 0.2) is 5.78 Å². The first kappa shape index (κ1) is 14.8. The second kappa shape index (κ2) is 5.61. The molecule has 2 heterocycles. The van der Waals surface area contributed by atoms with Crippen LogP contribution < -0.4 is 0 Å². The van der Waals surface area contributed by atoms with Crippen LogP contribution >= 0.6 is 11.8 Å². The topological polar surface area (TPSA) is 74.7 Å². The lowest BCUT2D eigenvalue weighted by atomic mass is 9.90. The Hall–Kier alpha value is -2.08. The van der Waals surface area contributed by atoms with Gasteiger partial charge in [-0.1, -0.05) is 24.3 Å². The van der Waals surface area contributed by atoms with E-state index >= 15 is 0 Å². The number of amides is 1. The number of carboxylic acids is 1. The van der Waals surface area contributed by atoms with Gasteiger partial charge in [-0.25, -0.2) is 0 Å². The van der Waals surface area contributed by atoms with Crippen LogP contribution in [-0.2, 0) is 9.59 Å². The van der Waals surface area contributed by atoms with Crippen molar-refractivity contribution in [1.29, 1.82) is 0 Å². The van der Waals surface area contributed by atoms with E-state index in [0.29, 0.717) is 22.7 Å². The number of aryl methyl sites for hydroxylation is 1. The Kier molecular flexibility index (Phi) is 3.78. The van der Waals surface area contributed by atoms with Gasteiger partial charge in [0.25, 0.3) is 0 Å². The SMILES string of the molecule is Cc1ccccc1C(=O)C1=C2SCCN2C(=O)[C@@H]1CC(=O)O. The largest absolute Gasteiger partial charge is 0.481 e. The van der Waals surface area contributed by atoms with Crippen LogP contribution in [0.4, 0.5) is 0 Å². The zero-order chi connectivity index (χ0) is 15.9. The molecule has 0 aliphatic carbocycles. The number of aliphatic carboxylic acids is 1. The van der Waals surface area contributed by atoms with Crippen LogP contribution in [0.3, 0.4) is 0 Å². The molecule has 5 nitrogen and oxygen atoms in total. The summed E-state index contributed by atoms with van der Waals surface area (Å²) >= 11 is 1.46. The number of hydrogen-bond donors (Lipinski definition) is 1. The second-order valence-electron chi connectivity index (χ2n) is 5.35. The minimum absolute atomic E-state index is 0.232. The van der Waals surface area contributed by atoms with Gasteiger partial charge < -0.3 is 10.0 Å². The van der Waals surface area contributed by atoms with Gasteiger partial charge in [-0.2, -0.15) is 0 Å². The lowest BCUT2D eigenvalue weighted by molar-refractivity contribution is -0.141. The molecule has 1 aromatic rings. The quantitative estimate of drug-likeness (QED) is 0.861. The van der Waals surface area contributed by atoms with Crippen molar-refractivity contribution >= 4 is 29.4 Å². The first-order valence-corrected chi connectivity index (χ1v) is 7.99. The highest BCUT2D eigenvalue weighted by molar-refractivity contribution is 8.03. The van der Waals surface area contributed by atoms with Crippen LogP contribution in [0.1, 0.15) is 22.3 Å². The van der Waals surface area contributed by atoms with E-state index in [-0.39, 0.29) is 18.1 Å². The molecule has 0 spiro atoms. The second-order valence-corrected chi connectivity index (χ2v) is 6.44. The van der Waals surface area contributed by atoms with Crippen molar-refractivity contribution in [3.63, 3.8) is 0 Å². The van der Waals surface area contributed by atoms with E-state index in [0.717, 1.165) is 11.3 Å². The summed E-state index contributed by atoms with van der Waals surface area (Å²) in [7, 11) is 0. The molecule has 1 amide bonds. The number of Topliss-reactive ketones (excluding diaryl/α,β-unsaturated/α-hetero) is 1. The monoisotopic (exact) mass is 317 g/mol. The van der Waals surface area contributed by atoms with E-state index in [1.165, 1.54) is 11.8 Å². The lowest BCUT2D eigenvalue weighted by Gasteiger charge is -2.13. The summed E-state index contributed by atoms with van der Waals surface area (Å²) in [5, 5.41) is 9.71. The smallest absolute Gasteiger partial charge is 0.304 e. The van der Waals surface area contributed by atoms with E-state index in [9.17, 15) is 14.4 Å². The molecule has 0 aromatic heterocycles. The molecule has 1 fully saturated rings. The van der Waals surface area contributed by atoms with Gasteiger partial charge in [-0.05, 0) is 12.5 Å². The Morgan fingerprint density at radius 3 is 2.77 bits per heavy atom. The maximum atomic E-state index is 12.9. The minimum Gasteiger partial charge on any atom is -0.481 e. The molecule has 1 saturated heterocycles. The average molecular weight is 317 g/mol. The highest BCUT2D eigenvalue weighted by Gasteiger charge is 2.46. The number of hydrogen-bond acceptors (Lipinski definition) is 4. The van der Waals surface area contributed by atoms with Gasteiger partial charge in [0.05, 0.1) is 17.4 Å². The maximum absolute atomic E-state index is 12.9. The third-order valence-corrected chi connectivity index (χ3v) is 5.06. The van der Waals surface area contributed by atoms with Gasteiger partial charge in [0, 0.05) is 23.4 Å². The highest BCUT2D eigenvalue weighted by Crippen LogP contribution is 2.43. The molecule has 0 unspecified atom stereocenters.